The van der Waals surface area contributed by atoms with Gasteiger partial charge in [0.15, 0.2) is 11.5 Å². The number of para-hydroxylation sites is 1. The molecule has 0 saturated heterocycles. The largest absolute Gasteiger partial charge is 0.494 e. The highest BCUT2D eigenvalue weighted by Crippen LogP contribution is 2.33. The second kappa shape index (κ2) is 7.24. The molecule has 1 aromatic heterocycles. The van der Waals surface area contributed by atoms with Crippen LogP contribution in [0.3, 0.4) is 0 Å². The van der Waals surface area contributed by atoms with Crippen molar-refractivity contribution in [3.63, 3.8) is 0 Å². The third-order valence-electron chi connectivity index (χ3n) is 3.38. The first kappa shape index (κ1) is 17.0. The van der Waals surface area contributed by atoms with Gasteiger partial charge in [0.25, 0.3) is 0 Å². The molecule has 0 saturated carbocycles. The number of aromatic nitrogens is 1. The van der Waals surface area contributed by atoms with E-state index < -0.39 is 0 Å². The number of benzene rings is 1. The zero-order valence-corrected chi connectivity index (χ0v) is 14.0. The van der Waals surface area contributed by atoms with E-state index >= 15 is 0 Å². The number of ether oxygens (including phenoxy) is 1. The Morgan fingerprint density at radius 3 is 2.70 bits per heavy atom. The van der Waals surface area contributed by atoms with Crippen LogP contribution in [-0.4, -0.2) is 23.6 Å². The number of nitrogens with one attached hydrogen (secondary N) is 2. The molecular formula is C17H18ClN3O2. The van der Waals surface area contributed by atoms with Crippen LogP contribution in [0, 0.1) is 5.41 Å². The quantitative estimate of drug-likeness (QED) is 0.465. The normalized spacial score (nSPS) is 10.3. The minimum Gasteiger partial charge on any atom is -0.494 e. The van der Waals surface area contributed by atoms with E-state index in [1.54, 1.807) is 27.0 Å². The van der Waals surface area contributed by atoms with E-state index in [2.05, 4.69) is 10.3 Å². The molecule has 23 heavy (non-hydrogen) atoms. The third kappa shape index (κ3) is 3.68. The van der Waals surface area contributed by atoms with Crippen molar-refractivity contribution >= 4 is 34.5 Å². The predicted molar refractivity (Wildman–Crippen MR) is 92.6 cm³/mol. The fourth-order valence-electron chi connectivity index (χ4n) is 2.24. The fraction of sp³-hybridized carbons (Fsp3) is 0.235. The van der Waals surface area contributed by atoms with Crippen LogP contribution in [0.15, 0.2) is 30.5 Å². The molecule has 0 atom stereocenters. The lowest BCUT2D eigenvalue weighted by Crippen LogP contribution is -2.06. The molecule has 1 heterocycles. The Hall–Kier alpha value is -2.40. The molecule has 5 nitrogen and oxygen atoms in total. The van der Waals surface area contributed by atoms with Crippen molar-refractivity contribution in [3.8, 4) is 5.75 Å². The summed E-state index contributed by atoms with van der Waals surface area (Å²) in [7, 11) is 1.55. The van der Waals surface area contributed by atoms with Gasteiger partial charge in [0.05, 0.1) is 24.0 Å². The SMILES string of the molecule is CCC(=O)c1cnc(Cl)cc1Nc1cccc(C(C)=N)c1OC. The molecule has 2 aromatic rings. The van der Waals surface area contributed by atoms with Crippen molar-refractivity contribution in [1.29, 1.82) is 5.41 Å². The van der Waals surface area contributed by atoms with Crippen LogP contribution in [0.2, 0.25) is 5.15 Å². The summed E-state index contributed by atoms with van der Waals surface area (Å²) in [5.74, 6) is 0.512. The summed E-state index contributed by atoms with van der Waals surface area (Å²) in [5.41, 5.74) is 2.76. The molecule has 0 amide bonds. The number of halogens is 1. The molecule has 6 heteroatoms. The predicted octanol–water partition coefficient (Wildman–Crippen LogP) is 4.47. The summed E-state index contributed by atoms with van der Waals surface area (Å²) >= 11 is 5.96. The molecule has 0 bridgehead atoms. The van der Waals surface area contributed by atoms with Gasteiger partial charge in [0.1, 0.15) is 5.15 Å². The van der Waals surface area contributed by atoms with Gasteiger partial charge in [0, 0.05) is 23.9 Å². The van der Waals surface area contributed by atoms with Crippen molar-refractivity contribution in [2.45, 2.75) is 20.3 Å². The minimum absolute atomic E-state index is 0.0324. The molecule has 0 fully saturated rings. The number of carbonyl (C=O) groups is 1. The molecule has 0 aliphatic heterocycles. The molecule has 0 spiro atoms. The summed E-state index contributed by atoms with van der Waals surface area (Å²) in [6.45, 7) is 3.48. The molecule has 1 aromatic carbocycles. The number of Topliss-reactive ketones (excluding diaryl/α,β-unsaturated/α-hetero) is 1. The molecule has 2 rings (SSSR count). The van der Waals surface area contributed by atoms with E-state index in [0.717, 1.165) is 0 Å². The Balaban J connectivity index is 2.51. The molecule has 0 radical (unpaired) electrons. The monoisotopic (exact) mass is 331 g/mol. The number of hydrogen-bond acceptors (Lipinski definition) is 5. The summed E-state index contributed by atoms with van der Waals surface area (Å²) in [4.78, 5) is 16.1. The first-order valence-electron chi connectivity index (χ1n) is 7.16. The summed E-state index contributed by atoms with van der Waals surface area (Å²) in [5, 5.41) is 11.3. The van der Waals surface area contributed by atoms with Crippen molar-refractivity contribution in [2.24, 2.45) is 0 Å². The molecule has 2 N–H and O–H groups in total. The molecule has 0 unspecified atom stereocenters. The second-order valence-corrected chi connectivity index (χ2v) is 5.35. The van der Waals surface area contributed by atoms with Crippen molar-refractivity contribution < 1.29 is 9.53 Å². The van der Waals surface area contributed by atoms with Gasteiger partial charge in [-0.2, -0.15) is 0 Å². The second-order valence-electron chi connectivity index (χ2n) is 4.97. The summed E-state index contributed by atoms with van der Waals surface area (Å²) in [6.07, 6.45) is 1.84. The number of hydrogen-bond donors (Lipinski definition) is 2. The Bertz CT molecular complexity index is 759. The molecule has 0 aliphatic carbocycles. The maximum atomic E-state index is 12.1. The van der Waals surface area contributed by atoms with Crippen LogP contribution in [0.25, 0.3) is 0 Å². The van der Waals surface area contributed by atoms with E-state index in [1.165, 1.54) is 6.20 Å². The Morgan fingerprint density at radius 1 is 1.35 bits per heavy atom. The van der Waals surface area contributed by atoms with Gasteiger partial charge < -0.3 is 15.5 Å². The molecular weight excluding hydrogens is 314 g/mol. The zero-order valence-electron chi connectivity index (χ0n) is 13.2. The number of carbonyl (C=O) groups excluding carboxylic acids is 1. The van der Waals surface area contributed by atoms with Crippen molar-refractivity contribution in [3.05, 3.63) is 46.7 Å². The van der Waals surface area contributed by atoms with Gasteiger partial charge >= 0.3 is 0 Å². The number of ketones is 1. The molecule has 0 aliphatic rings. The van der Waals surface area contributed by atoms with E-state index in [4.69, 9.17) is 21.7 Å². The van der Waals surface area contributed by atoms with Crippen LogP contribution in [0.4, 0.5) is 11.4 Å². The topological polar surface area (TPSA) is 75.1 Å². The van der Waals surface area contributed by atoms with E-state index in [9.17, 15) is 4.79 Å². The lowest BCUT2D eigenvalue weighted by atomic mass is 10.1. The maximum Gasteiger partial charge on any atom is 0.166 e. The Morgan fingerprint density at radius 2 is 2.09 bits per heavy atom. The van der Waals surface area contributed by atoms with Gasteiger partial charge in [-0.05, 0) is 25.1 Å². The first-order valence-corrected chi connectivity index (χ1v) is 7.54. The van der Waals surface area contributed by atoms with Crippen LogP contribution < -0.4 is 10.1 Å². The van der Waals surface area contributed by atoms with E-state index in [1.807, 2.05) is 18.2 Å². The van der Waals surface area contributed by atoms with E-state index in [0.29, 0.717) is 45.5 Å². The van der Waals surface area contributed by atoms with Gasteiger partial charge in [0.2, 0.25) is 0 Å². The van der Waals surface area contributed by atoms with Gasteiger partial charge in [-0.3, -0.25) is 4.79 Å². The highest BCUT2D eigenvalue weighted by atomic mass is 35.5. The summed E-state index contributed by atoms with van der Waals surface area (Å²) in [6, 6.07) is 7.06. The van der Waals surface area contributed by atoms with Gasteiger partial charge in [-0.1, -0.05) is 24.6 Å². The average Bonchev–Trinajstić information content (AvgIpc) is 2.54. The van der Waals surface area contributed by atoms with Crippen LogP contribution >= 0.6 is 11.6 Å². The minimum atomic E-state index is -0.0324. The first-order chi connectivity index (χ1) is 11.0. The van der Waals surface area contributed by atoms with Gasteiger partial charge in [-0.25, -0.2) is 4.98 Å². The standard InChI is InChI=1S/C17H18ClN3O2/c1-4-15(22)12-9-20-16(18)8-14(12)21-13-7-5-6-11(10(2)19)17(13)23-3/h5-9,19H,4H2,1-3H3,(H,20,21). The number of rotatable bonds is 6. The van der Waals surface area contributed by atoms with E-state index in [-0.39, 0.29) is 5.78 Å². The highest BCUT2D eigenvalue weighted by molar-refractivity contribution is 6.29. The highest BCUT2D eigenvalue weighted by Gasteiger charge is 2.15. The third-order valence-corrected chi connectivity index (χ3v) is 3.59. The van der Waals surface area contributed by atoms with Crippen LogP contribution in [0.1, 0.15) is 36.2 Å². The van der Waals surface area contributed by atoms with Crippen molar-refractivity contribution in [2.75, 3.05) is 12.4 Å². The number of pyridine rings is 1. The number of methoxy groups -OCH3 is 1. The number of nitrogens with zero attached hydrogens (tertiary/aromatic N) is 1. The number of anilines is 2. The van der Waals surface area contributed by atoms with Gasteiger partial charge in [-0.15, -0.1) is 0 Å². The zero-order chi connectivity index (χ0) is 17.0. The molecule has 120 valence electrons. The summed E-state index contributed by atoms with van der Waals surface area (Å²) < 4.78 is 5.43. The lowest BCUT2D eigenvalue weighted by Gasteiger charge is -2.16. The lowest BCUT2D eigenvalue weighted by molar-refractivity contribution is 0.0988. The smallest absolute Gasteiger partial charge is 0.166 e. The van der Waals surface area contributed by atoms with Crippen LogP contribution in [-0.2, 0) is 0 Å². The Kier molecular flexibility index (Phi) is 5.34. The Labute approximate surface area is 140 Å². The maximum absolute atomic E-state index is 12.1. The van der Waals surface area contributed by atoms with Crippen LogP contribution in [0.5, 0.6) is 5.75 Å². The van der Waals surface area contributed by atoms with Crippen molar-refractivity contribution in [1.82, 2.24) is 4.98 Å². The fourth-order valence-corrected chi connectivity index (χ4v) is 2.40. The average molecular weight is 332 g/mol.